The van der Waals surface area contributed by atoms with Crippen molar-refractivity contribution in [1.82, 2.24) is 4.98 Å². The Morgan fingerprint density at radius 1 is 1.69 bits per heavy atom. The number of aldehydes is 1. The van der Waals surface area contributed by atoms with Gasteiger partial charge >= 0.3 is 0 Å². The summed E-state index contributed by atoms with van der Waals surface area (Å²) in [4.78, 5) is 16.7. The van der Waals surface area contributed by atoms with Crippen molar-refractivity contribution in [3.05, 3.63) is 39.8 Å². The Morgan fingerprint density at radius 3 is 3.19 bits per heavy atom. The average Bonchev–Trinajstić information content (AvgIpc) is 2.31. The Balaban J connectivity index is 2.73. The summed E-state index contributed by atoms with van der Waals surface area (Å²) in [6, 6.07) is 1.27. The van der Waals surface area contributed by atoms with Crippen LogP contribution in [0.2, 0.25) is 0 Å². The summed E-state index contributed by atoms with van der Waals surface area (Å²) >= 11 is 0. The molecule has 1 aromatic heterocycles. The topological polar surface area (TPSA) is 78.7 Å². The number of halogens is 1. The molecule has 5 nitrogen and oxygen atoms in total. The van der Waals surface area contributed by atoms with Crippen LogP contribution in [0.3, 0.4) is 0 Å². The van der Waals surface area contributed by atoms with Crippen molar-refractivity contribution in [3.63, 3.8) is 0 Å². The molecule has 0 unspecified atom stereocenters. The monoisotopic (exact) mass is 218 g/mol. The van der Waals surface area contributed by atoms with Gasteiger partial charge in [-0.05, 0) is 17.5 Å². The Bertz CT molecular complexity index is 497. The van der Waals surface area contributed by atoms with Gasteiger partial charge in [-0.3, -0.25) is 4.79 Å². The van der Waals surface area contributed by atoms with Crippen LogP contribution in [-0.4, -0.2) is 17.8 Å². The van der Waals surface area contributed by atoms with Crippen LogP contribution in [-0.2, 0) is 0 Å². The first-order valence-corrected chi connectivity index (χ1v) is 4.38. The second kappa shape index (κ2) is 6.17. The first-order valence-electron chi connectivity index (χ1n) is 4.38. The van der Waals surface area contributed by atoms with Crippen LogP contribution in [0.15, 0.2) is 17.4 Å². The standard InChI is InChI=1S/C10H7FN4O/c11-10-6-13-9(5-8(10)7-16)3-1-2-4-14-15-12/h5-7H,2,4H2. The van der Waals surface area contributed by atoms with Crippen molar-refractivity contribution >= 4 is 6.29 Å². The van der Waals surface area contributed by atoms with Crippen LogP contribution < -0.4 is 0 Å². The Morgan fingerprint density at radius 2 is 2.50 bits per heavy atom. The van der Waals surface area contributed by atoms with Crippen molar-refractivity contribution in [2.24, 2.45) is 5.11 Å². The fourth-order valence-corrected chi connectivity index (χ4v) is 0.917. The van der Waals surface area contributed by atoms with Crippen LogP contribution in [0, 0.1) is 17.7 Å². The van der Waals surface area contributed by atoms with Crippen molar-refractivity contribution in [2.75, 3.05) is 6.54 Å². The molecule has 0 fully saturated rings. The lowest BCUT2D eigenvalue weighted by molar-refractivity contribution is 0.111. The van der Waals surface area contributed by atoms with Crippen LogP contribution >= 0.6 is 0 Å². The molecule has 1 aromatic rings. The molecule has 16 heavy (non-hydrogen) atoms. The van der Waals surface area contributed by atoms with Crippen LogP contribution in [0.1, 0.15) is 22.5 Å². The third-order valence-corrected chi connectivity index (χ3v) is 1.63. The third-order valence-electron chi connectivity index (χ3n) is 1.63. The first kappa shape index (κ1) is 11.7. The zero-order valence-electron chi connectivity index (χ0n) is 8.22. The van der Waals surface area contributed by atoms with Gasteiger partial charge in [0.1, 0.15) is 5.69 Å². The minimum Gasteiger partial charge on any atom is -0.298 e. The van der Waals surface area contributed by atoms with E-state index in [4.69, 9.17) is 5.53 Å². The van der Waals surface area contributed by atoms with E-state index in [1.54, 1.807) is 0 Å². The number of azide groups is 1. The molecule has 0 N–H and O–H groups in total. The molecular formula is C10H7FN4O. The summed E-state index contributed by atoms with van der Waals surface area (Å²) in [6.07, 6.45) is 1.74. The molecule has 0 radical (unpaired) electrons. The molecular weight excluding hydrogens is 211 g/mol. The van der Waals surface area contributed by atoms with Crippen molar-refractivity contribution in [1.29, 1.82) is 0 Å². The molecule has 0 amide bonds. The maximum Gasteiger partial charge on any atom is 0.153 e. The van der Waals surface area contributed by atoms with Crippen LogP contribution in [0.25, 0.3) is 10.4 Å². The SMILES string of the molecule is [N-]=[N+]=NCCC#Cc1cc(C=O)c(F)cn1. The summed E-state index contributed by atoms with van der Waals surface area (Å²) in [5.41, 5.74) is 8.23. The molecule has 80 valence electrons. The van der Waals surface area contributed by atoms with Gasteiger partial charge < -0.3 is 0 Å². The zero-order chi connectivity index (χ0) is 11.8. The quantitative estimate of drug-likeness (QED) is 0.194. The maximum absolute atomic E-state index is 12.9. The van der Waals surface area contributed by atoms with E-state index < -0.39 is 5.82 Å². The average molecular weight is 218 g/mol. The lowest BCUT2D eigenvalue weighted by atomic mass is 10.2. The highest BCUT2D eigenvalue weighted by Crippen LogP contribution is 2.04. The van der Waals surface area contributed by atoms with Gasteiger partial charge in [-0.2, -0.15) is 0 Å². The third kappa shape index (κ3) is 3.40. The van der Waals surface area contributed by atoms with Gasteiger partial charge in [0, 0.05) is 17.9 Å². The van der Waals surface area contributed by atoms with Gasteiger partial charge in [-0.1, -0.05) is 11.0 Å². The maximum atomic E-state index is 12.9. The minimum absolute atomic E-state index is 0.0747. The fourth-order valence-electron chi connectivity index (χ4n) is 0.917. The highest BCUT2D eigenvalue weighted by atomic mass is 19.1. The number of hydrogen-bond donors (Lipinski definition) is 0. The van der Waals surface area contributed by atoms with E-state index in [1.807, 2.05) is 0 Å². The normalized spacial score (nSPS) is 8.56. The van der Waals surface area contributed by atoms with E-state index in [0.717, 1.165) is 6.20 Å². The molecule has 1 rings (SSSR count). The molecule has 0 spiro atoms. The molecule has 0 aliphatic rings. The second-order valence-electron chi connectivity index (χ2n) is 2.72. The molecule has 0 aliphatic carbocycles. The lowest BCUT2D eigenvalue weighted by Gasteiger charge is -1.93. The van der Waals surface area contributed by atoms with Gasteiger partial charge in [0.25, 0.3) is 0 Å². The van der Waals surface area contributed by atoms with Gasteiger partial charge in [-0.15, -0.1) is 0 Å². The fraction of sp³-hybridized carbons (Fsp3) is 0.200. The molecule has 0 bridgehead atoms. The predicted octanol–water partition coefficient (Wildman–Crippen LogP) is 2.09. The van der Waals surface area contributed by atoms with Crippen LogP contribution in [0.5, 0.6) is 0 Å². The number of aromatic nitrogens is 1. The van der Waals surface area contributed by atoms with Crippen molar-refractivity contribution in [2.45, 2.75) is 6.42 Å². The van der Waals surface area contributed by atoms with E-state index in [0.29, 0.717) is 18.4 Å². The lowest BCUT2D eigenvalue weighted by Crippen LogP contribution is -1.92. The van der Waals surface area contributed by atoms with Crippen LogP contribution in [0.4, 0.5) is 4.39 Å². The predicted molar refractivity (Wildman–Crippen MR) is 55.1 cm³/mol. The molecule has 0 atom stereocenters. The van der Waals surface area contributed by atoms with E-state index >= 15 is 0 Å². The summed E-state index contributed by atoms with van der Waals surface area (Å²) < 4.78 is 12.9. The smallest absolute Gasteiger partial charge is 0.153 e. The van der Waals surface area contributed by atoms with E-state index in [-0.39, 0.29) is 12.1 Å². The number of nitrogens with zero attached hydrogens (tertiary/aromatic N) is 4. The van der Waals surface area contributed by atoms with Crippen molar-refractivity contribution < 1.29 is 9.18 Å². The van der Waals surface area contributed by atoms with Gasteiger partial charge in [0.2, 0.25) is 0 Å². The number of carbonyl (C=O) groups excluding carboxylic acids is 1. The molecule has 0 saturated carbocycles. The van der Waals surface area contributed by atoms with Gasteiger partial charge in [-0.25, -0.2) is 9.37 Å². The Hall–Kier alpha value is -2.38. The van der Waals surface area contributed by atoms with Gasteiger partial charge in [0.05, 0.1) is 11.8 Å². The second-order valence-corrected chi connectivity index (χ2v) is 2.72. The minimum atomic E-state index is -0.672. The Kier molecular flexibility index (Phi) is 4.51. The summed E-state index contributed by atoms with van der Waals surface area (Å²) in [6.45, 7) is 0.269. The van der Waals surface area contributed by atoms with E-state index in [1.165, 1.54) is 6.07 Å². The van der Waals surface area contributed by atoms with Crippen molar-refractivity contribution in [3.8, 4) is 11.8 Å². The number of pyridine rings is 1. The highest BCUT2D eigenvalue weighted by molar-refractivity contribution is 5.75. The van der Waals surface area contributed by atoms with Gasteiger partial charge in [0.15, 0.2) is 12.1 Å². The zero-order valence-corrected chi connectivity index (χ0v) is 8.22. The summed E-state index contributed by atoms with van der Waals surface area (Å²) in [5.74, 6) is 4.66. The Labute approximate surface area is 90.9 Å². The molecule has 0 aromatic carbocycles. The highest BCUT2D eigenvalue weighted by Gasteiger charge is 2.01. The summed E-state index contributed by atoms with van der Waals surface area (Å²) in [7, 11) is 0. The number of rotatable bonds is 3. The first-order chi connectivity index (χ1) is 7.77. The number of hydrogen-bond acceptors (Lipinski definition) is 3. The van der Waals surface area contributed by atoms with E-state index in [2.05, 4.69) is 26.9 Å². The summed E-state index contributed by atoms with van der Waals surface area (Å²) in [5, 5.41) is 3.29. The molecule has 0 saturated heterocycles. The largest absolute Gasteiger partial charge is 0.298 e. The molecule has 1 heterocycles. The molecule has 0 aliphatic heterocycles. The molecule has 6 heteroatoms. The van der Waals surface area contributed by atoms with E-state index in [9.17, 15) is 9.18 Å². The number of carbonyl (C=O) groups is 1.